The van der Waals surface area contributed by atoms with Gasteiger partial charge in [-0.05, 0) is 42.3 Å². The maximum atomic E-state index is 13.2. The van der Waals surface area contributed by atoms with E-state index >= 15 is 0 Å². The molecule has 0 radical (unpaired) electrons. The molecule has 0 bridgehead atoms. The highest BCUT2D eigenvalue weighted by atomic mass is 35.5. The van der Waals surface area contributed by atoms with Crippen molar-refractivity contribution in [2.75, 3.05) is 4.90 Å². The van der Waals surface area contributed by atoms with Crippen molar-refractivity contribution in [1.82, 2.24) is 9.97 Å². The van der Waals surface area contributed by atoms with Gasteiger partial charge >= 0.3 is 0 Å². The Labute approximate surface area is 170 Å². The minimum atomic E-state index is -0.116. The summed E-state index contributed by atoms with van der Waals surface area (Å²) in [5.41, 5.74) is 2.95. The van der Waals surface area contributed by atoms with Crippen molar-refractivity contribution in [3.8, 4) is 0 Å². The van der Waals surface area contributed by atoms with E-state index in [1.807, 2.05) is 30.3 Å². The van der Waals surface area contributed by atoms with Gasteiger partial charge in [0.1, 0.15) is 0 Å². The van der Waals surface area contributed by atoms with Crippen LogP contribution in [0.1, 0.15) is 27.9 Å². The first kappa shape index (κ1) is 18.1. The van der Waals surface area contributed by atoms with Crippen LogP contribution in [-0.4, -0.2) is 15.9 Å². The first-order chi connectivity index (χ1) is 13.2. The van der Waals surface area contributed by atoms with E-state index in [-0.39, 0.29) is 5.91 Å². The SMILES string of the molecule is CCc1cccc2sc(N(Cc3ccccn3)C(=O)c3ccc(Cl)s3)nc12. The largest absolute Gasteiger partial charge is 0.277 e. The molecule has 3 heterocycles. The van der Waals surface area contributed by atoms with Gasteiger partial charge in [-0.3, -0.25) is 14.7 Å². The monoisotopic (exact) mass is 413 g/mol. The molecule has 4 rings (SSSR count). The minimum Gasteiger partial charge on any atom is -0.277 e. The average Bonchev–Trinajstić information content (AvgIpc) is 3.32. The van der Waals surface area contributed by atoms with Gasteiger partial charge in [-0.1, -0.05) is 48.1 Å². The van der Waals surface area contributed by atoms with Crippen LogP contribution in [0.5, 0.6) is 0 Å². The lowest BCUT2D eigenvalue weighted by molar-refractivity contribution is 0.0988. The first-order valence-corrected chi connectivity index (χ1v) is 10.5. The van der Waals surface area contributed by atoms with Crippen LogP contribution in [0.2, 0.25) is 4.34 Å². The van der Waals surface area contributed by atoms with Gasteiger partial charge in [0.15, 0.2) is 5.13 Å². The topological polar surface area (TPSA) is 46.1 Å². The van der Waals surface area contributed by atoms with Gasteiger partial charge in [0.05, 0.1) is 31.7 Å². The number of halogens is 1. The number of benzene rings is 1. The number of thiazole rings is 1. The van der Waals surface area contributed by atoms with Crippen LogP contribution in [0.4, 0.5) is 5.13 Å². The number of para-hydroxylation sites is 1. The smallest absolute Gasteiger partial charge is 0.270 e. The highest BCUT2D eigenvalue weighted by Gasteiger charge is 2.24. The maximum Gasteiger partial charge on any atom is 0.270 e. The third kappa shape index (κ3) is 3.74. The number of thiophene rings is 1. The normalized spacial score (nSPS) is 11.0. The summed E-state index contributed by atoms with van der Waals surface area (Å²) >= 11 is 8.84. The van der Waals surface area contributed by atoms with Crippen molar-refractivity contribution in [3.05, 3.63) is 75.2 Å². The number of nitrogens with zero attached hydrogens (tertiary/aromatic N) is 3. The zero-order valence-electron chi connectivity index (χ0n) is 14.6. The Kier molecular flexibility index (Phi) is 5.20. The molecule has 136 valence electrons. The summed E-state index contributed by atoms with van der Waals surface area (Å²) in [7, 11) is 0. The number of aromatic nitrogens is 2. The van der Waals surface area contributed by atoms with Crippen molar-refractivity contribution in [2.45, 2.75) is 19.9 Å². The quantitative estimate of drug-likeness (QED) is 0.414. The number of carbonyl (C=O) groups is 1. The second-order valence-electron chi connectivity index (χ2n) is 5.93. The predicted molar refractivity (Wildman–Crippen MR) is 113 cm³/mol. The zero-order valence-corrected chi connectivity index (χ0v) is 16.9. The van der Waals surface area contributed by atoms with Crippen molar-refractivity contribution in [2.24, 2.45) is 0 Å². The molecule has 0 fully saturated rings. The predicted octanol–water partition coefficient (Wildman–Crippen LogP) is 5.82. The molecule has 0 unspecified atom stereocenters. The van der Waals surface area contributed by atoms with Gasteiger partial charge in [0.2, 0.25) is 0 Å². The van der Waals surface area contributed by atoms with Gasteiger partial charge in [-0.15, -0.1) is 11.3 Å². The maximum absolute atomic E-state index is 13.2. The fourth-order valence-electron chi connectivity index (χ4n) is 2.84. The number of hydrogen-bond donors (Lipinski definition) is 0. The van der Waals surface area contributed by atoms with E-state index in [4.69, 9.17) is 16.6 Å². The molecule has 0 atom stereocenters. The standard InChI is InChI=1S/C20H16ClN3OS2/c1-2-13-6-5-8-15-18(13)23-20(27-15)24(12-14-7-3-4-11-22-14)19(25)16-9-10-17(21)26-16/h3-11H,2,12H2,1H3. The average molecular weight is 414 g/mol. The first-order valence-electron chi connectivity index (χ1n) is 8.51. The summed E-state index contributed by atoms with van der Waals surface area (Å²) < 4.78 is 1.67. The van der Waals surface area contributed by atoms with E-state index in [9.17, 15) is 4.79 Å². The van der Waals surface area contributed by atoms with Gasteiger partial charge in [-0.2, -0.15) is 0 Å². The number of aryl methyl sites for hydroxylation is 1. The number of fused-ring (bicyclic) bond motifs is 1. The molecular weight excluding hydrogens is 398 g/mol. The summed E-state index contributed by atoms with van der Waals surface area (Å²) in [6, 6.07) is 15.3. The molecule has 0 spiro atoms. The third-order valence-electron chi connectivity index (χ3n) is 4.18. The Morgan fingerprint density at radius 3 is 2.70 bits per heavy atom. The second-order valence-corrected chi connectivity index (χ2v) is 8.65. The minimum absolute atomic E-state index is 0.116. The highest BCUT2D eigenvalue weighted by Crippen LogP contribution is 2.33. The summed E-state index contributed by atoms with van der Waals surface area (Å²) in [4.78, 5) is 24.7. The van der Waals surface area contributed by atoms with E-state index in [0.717, 1.165) is 22.3 Å². The summed E-state index contributed by atoms with van der Waals surface area (Å²) in [5, 5.41) is 0.672. The van der Waals surface area contributed by atoms with Gasteiger partial charge < -0.3 is 0 Å². The molecule has 0 saturated heterocycles. The molecule has 3 aromatic heterocycles. The summed E-state index contributed by atoms with van der Waals surface area (Å²) in [5.74, 6) is -0.116. The number of rotatable bonds is 5. The number of anilines is 1. The van der Waals surface area contributed by atoms with Crippen LogP contribution >= 0.6 is 34.3 Å². The van der Waals surface area contributed by atoms with Crippen molar-refractivity contribution >= 4 is 55.5 Å². The van der Waals surface area contributed by atoms with Crippen molar-refractivity contribution < 1.29 is 4.79 Å². The van der Waals surface area contributed by atoms with E-state index < -0.39 is 0 Å². The van der Waals surface area contributed by atoms with Crippen LogP contribution in [0.25, 0.3) is 10.2 Å². The van der Waals surface area contributed by atoms with Gasteiger partial charge in [0.25, 0.3) is 5.91 Å². The molecule has 1 aromatic carbocycles. The van der Waals surface area contributed by atoms with Gasteiger partial charge in [0, 0.05) is 6.20 Å². The summed E-state index contributed by atoms with van der Waals surface area (Å²) in [6.07, 6.45) is 2.63. The Morgan fingerprint density at radius 2 is 2.00 bits per heavy atom. The van der Waals surface area contributed by atoms with E-state index in [2.05, 4.69) is 18.0 Å². The summed E-state index contributed by atoms with van der Waals surface area (Å²) in [6.45, 7) is 2.47. The molecule has 27 heavy (non-hydrogen) atoms. The highest BCUT2D eigenvalue weighted by molar-refractivity contribution is 7.22. The lowest BCUT2D eigenvalue weighted by atomic mass is 10.1. The van der Waals surface area contributed by atoms with E-state index in [1.54, 1.807) is 23.2 Å². The van der Waals surface area contributed by atoms with Crippen LogP contribution in [0.15, 0.2) is 54.7 Å². The van der Waals surface area contributed by atoms with E-state index in [1.165, 1.54) is 28.2 Å². The van der Waals surface area contributed by atoms with Crippen LogP contribution in [-0.2, 0) is 13.0 Å². The molecule has 0 aliphatic rings. The number of carbonyl (C=O) groups excluding carboxylic acids is 1. The number of hydrogen-bond acceptors (Lipinski definition) is 5. The molecule has 1 amide bonds. The molecule has 4 nitrogen and oxygen atoms in total. The molecule has 0 aliphatic carbocycles. The Morgan fingerprint density at radius 1 is 1.11 bits per heavy atom. The lowest BCUT2D eigenvalue weighted by Gasteiger charge is -2.18. The molecule has 0 saturated carbocycles. The van der Waals surface area contributed by atoms with Crippen molar-refractivity contribution in [3.63, 3.8) is 0 Å². The third-order valence-corrected chi connectivity index (χ3v) is 6.44. The second kappa shape index (κ2) is 7.76. The molecular formula is C20H16ClN3OS2. The molecule has 4 aromatic rings. The molecule has 0 aliphatic heterocycles. The molecule has 0 N–H and O–H groups in total. The Bertz CT molecular complexity index is 1090. The number of amides is 1. The van der Waals surface area contributed by atoms with Crippen LogP contribution in [0.3, 0.4) is 0 Å². The fraction of sp³-hybridized carbons (Fsp3) is 0.150. The van der Waals surface area contributed by atoms with Gasteiger partial charge in [-0.25, -0.2) is 4.98 Å². The number of pyridine rings is 1. The van der Waals surface area contributed by atoms with Crippen LogP contribution < -0.4 is 4.90 Å². The van der Waals surface area contributed by atoms with E-state index in [0.29, 0.717) is 20.9 Å². The fourth-order valence-corrected chi connectivity index (χ4v) is 4.84. The van der Waals surface area contributed by atoms with Crippen LogP contribution in [0, 0.1) is 0 Å². The molecule has 7 heteroatoms. The zero-order chi connectivity index (χ0) is 18.8. The van der Waals surface area contributed by atoms with Crippen molar-refractivity contribution in [1.29, 1.82) is 0 Å². The Balaban J connectivity index is 1.78. The lowest BCUT2D eigenvalue weighted by Crippen LogP contribution is -2.30. The Hall–Kier alpha value is -2.28.